The summed E-state index contributed by atoms with van der Waals surface area (Å²) in [6.07, 6.45) is 0. The molecule has 0 atom stereocenters. The van der Waals surface area contributed by atoms with Crippen LogP contribution in [0.25, 0.3) is 0 Å². The van der Waals surface area contributed by atoms with E-state index in [1.54, 1.807) is 48.5 Å². The van der Waals surface area contributed by atoms with Crippen LogP contribution in [0.2, 0.25) is 5.02 Å². The summed E-state index contributed by atoms with van der Waals surface area (Å²) in [6, 6.07) is 14.1. The van der Waals surface area contributed by atoms with E-state index < -0.39 is 0 Å². The van der Waals surface area contributed by atoms with Crippen LogP contribution in [0, 0.1) is 0 Å². The Labute approximate surface area is 133 Å². The van der Waals surface area contributed by atoms with Crippen LogP contribution in [0.1, 0.15) is 0 Å². The zero-order chi connectivity index (χ0) is 14.4. The Balaban J connectivity index is 0.00000220. The normalized spacial score (nSPS) is 10.6. The van der Waals surface area contributed by atoms with E-state index in [-0.39, 0.29) is 24.8 Å². The highest BCUT2D eigenvalue weighted by atomic mass is 35.5. The first-order valence-electron chi connectivity index (χ1n) is 5.80. The molecule has 2 aromatic carbocycles. The largest absolute Gasteiger partial charge is 0.486 e. The number of hydrogen-bond donors (Lipinski definition) is 2. The minimum absolute atomic E-state index is 0. The Kier molecular flexibility index (Phi) is 6.65. The number of amidine groups is 1. The van der Waals surface area contributed by atoms with Gasteiger partial charge in [0.2, 0.25) is 0 Å². The van der Waals surface area contributed by atoms with Gasteiger partial charge in [0.05, 0.1) is 0 Å². The summed E-state index contributed by atoms with van der Waals surface area (Å²) in [4.78, 5) is 0. The van der Waals surface area contributed by atoms with Gasteiger partial charge in [0, 0.05) is 5.02 Å². The van der Waals surface area contributed by atoms with E-state index in [0.717, 1.165) is 0 Å². The third-order valence-electron chi connectivity index (χ3n) is 2.39. The Hall–Kier alpha value is -2.11. The third kappa shape index (κ3) is 5.41. The van der Waals surface area contributed by atoms with E-state index in [9.17, 15) is 0 Å². The smallest absolute Gasteiger partial charge is 0.177 e. The number of hydrogen-bond acceptors (Lipinski definition) is 4. The van der Waals surface area contributed by atoms with Gasteiger partial charge < -0.3 is 20.4 Å². The van der Waals surface area contributed by atoms with Gasteiger partial charge in [-0.2, -0.15) is 0 Å². The molecular formula is C14H14Cl2N2O3. The van der Waals surface area contributed by atoms with Crippen molar-refractivity contribution < 1.29 is 14.7 Å². The maximum Gasteiger partial charge on any atom is 0.177 e. The summed E-state index contributed by atoms with van der Waals surface area (Å²) in [5.41, 5.74) is 5.30. The van der Waals surface area contributed by atoms with Crippen molar-refractivity contribution in [2.24, 2.45) is 10.9 Å². The molecule has 0 radical (unpaired) electrons. The highest BCUT2D eigenvalue weighted by Crippen LogP contribution is 2.24. The van der Waals surface area contributed by atoms with Crippen molar-refractivity contribution in [3.63, 3.8) is 0 Å². The van der Waals surface area contributed by atoms with Crippen molar-refractivity contribution in [3.8, 4) is 17.2 Å². The second kappa shape index (κ2) is 8.24. The second-order valence-electron chi connectivity index (χ2n) is 3.91. The molecule has 0 aliphatic heterocycles. The number of rotatable bonds is 5. The van der Waals surface area contributed by atoms with Crippen molar-refractivity contribution in [3.05, 3.63) is 53.6 Å². The minimum atomic E-state index is 0. The molecule has 0 aliphatic carbocycles. The van der Waals surface area contributed by atoms with E-state index in [2.05, 4.69) is 5.16 Å². The van der Waals surface area contributed by atoms with Crippen molar-refractivity contribution in [2.75, 3.05) is 6.61 Å². The van der Waals surface area contributed by atoms with Gasteiger partial charge >= 0.3 is 0 Å². The van der Waals surface area contributed by atoms with Crippen LogP contribution >= 0.6 is 24.0 Å². The second-order valence-corrected chi connectivity index (χ2v) is 4.34. The number of nitrogens with two attached hydrogens (primary N) is 1. The van der Waals surface area contributed by atoms with Crippen molar-refractivity contribution in [1.29, 1.82) is 0 Å². The molecule has 0 spiro atoms. The summed E-state index contributed by atoms with van der Waals surface area (Å²) in [5.74, 6) is 1.97. The van der Waals surface area contributed by atoms with E-state index in [1.807, 2.05) is 0 Å². The Bertz CT molecular complexity index is 586. The van der Waals surface area contributed by atoms with Crippen molar-refractivity contribution in [2.45, 2.75) is 0 Å². The maximum atomic E-state index is 8.39. The van der Waals surface area contributed by atoms with E-state index in [1.165, 1.54) is 0 Å². The molecular weight excluding hydrogens is 315 g/mol. The molecule has 2 aromatic rings. The molecule has 0 unspecified atom stereocenters. The number of oxime groups is 1. The average Bonchev–Trinajstić information content (AvgIpc) is 2.48. The van der Waals surface area contributed by atoms with Crippen LogP contribution in [-0.2, 0) is 0 Å². The molecule has 0 saturated heterocycles. The van der Waals surface area contributed by atoms with Crippen LogP contribution in [0.4, 0.5) is 0 Å². The number of benzene rings is 2. The van der Waals surface area contributed by atoms with Gasteiger partial charge in [-0.3, -0.25) is 0 Å². The Morgan fingerprint density at radius 2 is 1.48 bits per heavy atom. The maximum absolute atomic E-state index is 8.39. The van der Waals surface area contributed by atoms with Gasteiger partial charge in [-0.1, -0.05) is 16.8 Å². The monoisotopic (exact) mass is 328 g/mol. The van der Waals surface area contributed by atoms with E-state index in [0.29, 0.717) is 22.3 Å². The lowest BCUT2D eigenvalue weighted by molar-refractivity contribution is 0.306. The zero-order valence-corrected chi connectivity index (χ0v) is 12.5. The summed E-state index contributed by atoms with van der Waals surface area (Å²) in [6.45, 7) is 0.0217. The first-order valence-corrected chi connectivity index (χ1v) is 6.18. The van der Waals surface area contributed by atoms with Gasteiger partial charge in [0.25, 0.3) is 0 Å². The molecule has 0 bridgehead atoms. The standard InChI is InChI=1S/C14H13ClN2O3.ClH/c15-10-1-3-12(4-2-10)20-13-7-5-11(6-8-13)19-9-14(16)17-18;/h1-8,18H,9H2,(H2,16,17);1H. The zero-order valence-electron chi connectivity index (χ0n) is 10.9. The quantitative estimate of drug-likeness (QED) is 0.380. The summed E-state index contributed by atoms with van der Waals surface area (Å²) < 4.78 is 10.9. The Morgan fingerprint density at radius 1 is 1.00 bits per heavy atom. The lowest BCUT2D eigenvalue weighted by Gasteiger charge is -2.08. The molecule has 0 saturated carbocycles. The Morgan fingerprint density at radius 3 is 2.00 bits per heavy atom. The molecule has 0 aliphatic rings. The molecule has 21 heavy (non-hydrogen) atoms. The van der Waals surface area contributed by atoms with Crippen LogP contribution in [0.3, 0.4) is 0 Å². The lowest BCUT2D eigenvalue weighted by Crippen LogP contribution is -2.20. The minimum Gasteiger partial charge on any atom is -0.486 e. The number of nitrogens with zero attached hydrogens (tertiary/aromatic N) is 1. The fourth-order valence-corrected chi connectivity index (χ4v) is 1.55. The summed E-state index contributed by atoms with van der Waals surface area (Å²) >= 11 is 5.80. The first-order chi connectivity index (χ1) is 9.67. The van der Waals surface area contributed by atoms with Crippen molar-refractivity contribution >= 4 is 29.8 Å². The topological polar surface area (TPSA) is 77.1 Å². The summed E-state index contributed by atoms with van der Waals surface area (Å²) in [7, 11) is 0. The lowest BCUT2D eigenvalue weighted by atomic mass is 10.3. The van der Waals surface area contributed by atoms with Gasteiger partial charge in [-0.05, 0) is 48.5 Å². The van der Waals surface area contributed by atoms with Crippen LogP contribution in [0.15, 0.2) is 53.7 Å². The van der Waals surface area contributed by atoms with Gasteiger partial charge in [-0.15, -0.1) is 12.4 Å². The molecule has 0 aromatic heterocycles. The summed E-state index contributed by atoms with van der Waals surface area (Å²) in [5, 5.41) is 11.9. The SMILES string of the molecule is Cl.N/C(COc1ccc(Oc2ccc(Cl)cc2)cc1)=N\O. The average molecular weight is 329 g/mol. The number of ether oxygens (including phenoxy) is 2. The van der Waals surface area contributed by atoms with Gasteiger partial charge in [0.1, 0.15) is 23.9 Å². The molecule has 112 valence electrons. The highest BCUT2D eigenvalue weighted by molar-refractivity contribution is 6.30. The molecule has 5 nitrogen and oxygen atoms in total. The van der Waals surface area contributed by atoms with Gasteiger partial charge in [0.15, 0.2) is 5.84 Å². The van der Waals surface area contributed by atoms with Crippen molar-refractivity contribution in [1.82, 2.24) is 0 Å². The number of halogens is 2. The highest BCUT2D eigenvalue weighted by Gasteiger charge is 2.00. The molecule has 0 fully saturated rings. The third-order valence-corrected chi connectivity index (χ3v) is 2.64. The van der Waals surface area contributed by atoms with Gasteiger partial charge in [-0.25, -0.2) is 0 Å². The molecule has 2 rings (SSSR count). The fourth-order valence-electron chi connectivity index (χ4n) is 1.43. The molecule has 0 amide bonds. The first kappa shape index (κ1) is 16.9. The fraction of sp³-hybridized carbons (Fsp3) is 0.0714. The predicted molar refractivity (Wildman–Crippen MR) is 84.1 cm³/mol. The van der Waals surface area contributed by atoms with E-state index in [4.69, 9.17) is 32.0 Å². The van der Waals surface area contributed by atoms with Crippen LogP contribution in [-0.4, -0.2) is 17.6 Å². The van der Waals surface area contributed by atoms with E-state index >= 15 is 0 Å². The molecule has 0 heterocycles. The van der Waals surface area contributed by atoms with Crippen LogP contribution in [0.5, 0.6) is 17.2 Å². The molecule has 3 N–H and O–H groups in total. The molecule has 7 heteroatoms. The van der Waals surface area contributed by atoms with Crippen LogP contribution < -0.4 is 15.2 Å². The predicted octanol–water partition coefficient (Wildman–Crippen LogP) is 3.68.